The van der Waals surface area contributed by atoms with Crippen molar-refractivity contribution in [3.05, 3.63) is 70.7 Å². The van der Waals surface area contributed by atoms with Crippen LogP contribution in [0.2, 0.25) is 0 Å². The van der Waals surface area contributed by atoms with Crippen LogP contribution in [0.4, 0.5) is 9.93 Å². The van der Waals surface area contributed by atoms with Gasteiger partial charge in [0.15, 0.2) is 0 Å². The first-order valence-electron chi connectivity index (χ1n) is 7.77. The van der Waals surface area contributed by atoms with E-state index in [9.17, 15) is 4.79 Å². The fourth-order valence-electron chi connectivity index (χ4n) is 2.25. The third-order valence-corrected chi connectivity index (χ3v) is 4.31. The predicted molar refractivity (Wildman–Crippen MR) is 98.0 cm³/mol. The van der Waals surface area contributed by atoms with Gasteiger partial charge in [-0.25, -0.2) is 4.79 Å². The summed E-state index contributed by atoms with van der Waals surface area (Å²) >= 11 is 1.36. The van der Waals surface area contributed by atoms with Crippen LogP contribution in [-0.4, -0.2) is 23.3 Å². The van der Waals surface area contributed by atoms with E-state index in [-0.39, 0.29) is 6.03 Å². The van der Waals surface area contributed by atoms with E-state index in [1.165, 1.54) is 11.3 Å². The number of ether oxygens (including phenoxy) is 1. The fraction of sp³-hybridized carbons (Fsp3) is 0.167. The maximum absolute atomic E-state index is 11.9. The third-order valence-electron chi connectivity index (χ3n) is 3.47. The van der Waals surface area contributed by atoms with Gasteiger partial charge in [0.2, 0.25) is 5.13 Å². The maximum Gasteiger partial charge on any atom is 0.321 e. The zero-order valence-corrected chi connectivity index (χ0v) is 14.5. The van der Waals surface area contributed by atoms with Gasteiger partial charge in [-0.1, -0.05) is 53.8 Å². The molecule has 0 unspecified atom stereocenters. The number of methoxy groups -OCH3 is 1. The van der Waals surface area contributed by atoms with Gasteiger partial charge in [0.05, 0.1) is 7.11 Å². The molecule has 0 radical (unpaired) electrons. The Morgan fingerprint density at radius 1 is 1.08 bits per heavy atom. The normalized spacial score (nSPS) is 10.3. The summed E-state index contributed by atoms with van der Waals surface area (Å²) in [5.74, 6) is 0.806. The van der Waals surface area contributed by atoms with E-state index in [0.717, 1.165) is 21.9 Å². The summed E-state index contributed by atoms with van der Waals surface area (Å²) in [7, 11) is 1.64. The summed E-state index contributed by atoms with van der Waals surface area (Å²) in [6, 6.07) is 17.2. The first-order chi connectivity index (χ1) is 12.2. The number of hydrogen-bond acceptors (Lipinski definition) is 5. The SMILES string of the molecule is COc1cccc(Cc2nnc(NC(=O)NCc3ccccc3)s2)c1. The second-order valence-corrected chi connectivity index (χ2v) is 6.38. The predicted octanol–water partition coefficient (Wildman–Crippen LogP) is 3.46. The van der Waals surface area contributed by atoms with Crippen LogP contribution in [-0.2, 0) is 13.0 Å². The number of benzene rings is 2. The van der Waals surface area contributed by atoms with Gasteiger partial charge in [-0.05, 0) is 23.3 Å². The lowest BCUT2D eigenvalue weighted by Gasteiger charge is -2.04. The number of urea groups is 1. The Bertz CT molecular complexity index is 836. The molecule has 6 nitrogen and oxygen atoms in total. The van der Waals surface area contributed by atoms with Crippen molar-refractivity contribution in [1.82, 2.24) is 15.5 Å². The largest absolute Gasteiger partial charge is 0.497 e. The van der Waals surface area contributed by atoms with Gasteiger partial charge in [0.1, 0.15) is 10.8 Å². The molecule has 128 valence electrons. The summed E-state index contributed by atoms with van der Waals surface area (Å²) in [4.78, 5) is 11.9. The van der Waals surface area contributed by atoms with Crippen molar-refractivity contribution in [3.8, 4) is 5.75 Å². The molecular formula is C18H18N4O2S. The highest BCUT2D eigenvalue weighted by Crippen LogP contribution is 2.20. The minimum absolute atomic E-state index is 0.298. The van der Waals surface area contributed by atoms with Crippen LogP contribution < -0.4 is 15.4 Å². The van der Waals surface area contributed by atoms with Gasteiger partial charge in [-0.15, -0.1) is 10.2 Å². The summed E-state index contributed by atoms with van der Waals surface area (Å²) in [6.45, 7) is 0.460. The molecule has 0 aliphatic carbocycles. The molecule has 25 heavy (non-hydrogen) atoms. The molecule has 0 bridgehead atoms. The van der Waals surface area contributed by atoms with Crippen molar-refractivity contribution in [2.45, 2.75) is 13.0 Å². The zero-order valence-electron chi connectivity index (χ0n) is 13.7. The van der Waals surface area contributed by atoms with E-state index in [2.05, 4.69) is 20.8 Å². The Kier molecular flexibility index (Phi) is 5.58. The van der Waals surface area contributed by atoms with E-state index in [0.29, 0.717) is 18.1 Å². The van der Waals surface area contributed by atoms with Crippen LogP contribution in [0.3, 0.4) is 0 Å². The quantitative estimate of drug-likeness (QED) is 0.711. The van der Waals surface area contributed by atoms with Crippen molar-refractivity contribution in [2.75, 3.05) is 12.4 Å². The van der Waals surface area contributed by atoms with E-state index in [1.807, 2.05) is 54.6 Å². The summed E-state index contributed by atoms with van der Waals surface area (Å²) < 4.78 is 5.22. The lowest BCUT2D eigenvalue weighted by atomic mass is 10.1. The molecule has 0 aliphatic heterocycles. The van der Waals surface area contributed by atoms with Crippen LogP contribution in [0.1, 0.15) is 16.1 Å². The first-order valence-corrected chi connectivity index (χ1v) is 8.58. The third kappa shape index (κ3) is 5.02. The topological polar surface area (TPSA) is 76.1 Å². The van der Waals surface area contributed by atoms with E-state index in [1.54, 1.807) is 7.11 Å². The highest BCUT2D eigenvalue weighted by Gasteiger charge is 2.09. The lowest BCUT2D eigenvalue weighted by Crippen LogP contribution is -2.28. The molecular weight excluding hydrogens is 336 g/mol. The number of anilines is 1. The summed E-state index contributed by atoms with van der Waals surface area (Å²) in [5, 5.41) is 14.9. The van der Waals surface area contributed by atoms with E-state index >= 15 is 0 Å². The molecule has 1 heterocycles. The Morgan fingerprint density at radius 3 is 2.68 bits per heavy atom. The van der Waals surface area contributed by atoms with Gasteiger partial charge in [0, 0.05) is 13.0 Å². The second kappa shape index (κ2) is 8.25. The number of hydrogen-bond donors (Lipinski definition) is 2. The van der Waals surface area contributed by atoms with Crippen molar-refractivity contribution in [1.29, 1.82) is 0 Å². The molecule has 2 N–H and O–H groups in total. The van der Waals surface area contributed by atoms with E-state index in [4.69, 9.17) is 4.74 Å². The summed E-state index contributed by atoms with van der Waals surface area (Å²) in [5.41, 5.74) is 2.12. The average Bonchev–Trinajstić information content (AvgIpc) is 3.07. The molecule has 0 saturated heterocycles. The Morgan fingerprint density at radius 2 is 1.88 bits per heavy atom. The molecule has 0 spiro atoms. The number of nitrogens with zero attached hydrogens (tertiary/aromatic N) is 2. The molecule has 0 aliphatic rings. The highest BCUT2D eigenvalue weighted by molar-refractivity contribution is 7.15. The van der Waals surface area contributed by atoms with Crippen molar-refractivity contribution < 1.29 is 9.53 Å². The van der Waals surface area contributed by atoms with Crippen LogP contribution in [0.15, 0.2) is 54.6 Å². The van der Waals surface area contributed by atoms with Gasteiger partial charge in [-0.3, -0.25) is 5.32 Å². The molecule has 2 amide bonds. The maximum atomic E-state index is 11.9. The minimum Gasteiger partial charge on any atom is -0.497 e. The smallest absolute Gasteiger partial charge is 0.321 e. The molecule has 3 aromatic rings. The Hall–Kier alpha value is -2.93. The Labute approximate surface area is 149 Å². The van der Waals surface area contributed by atoms with Crippen molar-refractivity contribution in [2.24, 2.45) is 0 Å². The van der Waals surface area contributed by atoms with E-state index < -0.39 is 0 Å². The number of amides is 2. The Balaban J connectivity index is 1.53. The molecule has 3 rings (SSSR count). The van der Waals surface area contributed by atoms with Crippen molar-refractivity contribution >= 4 is 22.5 Å². The van der Waals surface area contributed by atoms with Gasteiger partial charge in [0.25, 0.3) is 0 Å². The molecule has 0 saturated carbocycles. The first kappa shape index (κ1) is 16.9. The molecule has 0 fully saturated rings. The molecule has 2 aromatic carbocycles. The van der Waals surface area contributed by atoms with Gasteiger partial charge in [-0.2, -0.15) is 0 Å². The van der Waals surface area contributed by atoms with Crippen LogP contribution in [0, 0.1) is 0 Å². The zero-order chi connectivity index (χ0) is 17.5. The molecule has 1 aromatic heterocycles. The monoisotopic (exact) mass is 354 g/mol. The number of rotatable bonds is 6. The van der Waals surface area contributed by atoms with Gasteiger partial charge >= 0.3 is 6.03 Å². The van der Waals surface area contributed by atoms with Crippen LogP contribution >= 0.6 is 11.3 Å². The van der Waals surface area contributed by atoms with Gasteiger partial charge < -0.3 is 10.1 Å². The second-order valence-electron chi connectivity index (χ2n) is 5.32. The number of aromatic nitrogens is 2. The molecule has 7 heteroatoms. The lowest BCUT2D eigenvalue weighted by molar-refractivity contribution is 0.251. The summed E-state index contributed by atoms with van der Waals surface area (Å²) in [6.07, 6.45) is 0.641. The molecule has 0 atom stereocenters. The van der Waals surface area contributed by atoms with Crippen LogP contribution in [0.5, 0.6) is 5.75 Å². The number of carbonyl (C=O) groups is 1. The average molecular weight is 354 g/mol. The van der Waals surface area contributed by atoms with Crippen molar-refractivity contribution in [3.63, 3.8) is 0 Å². The van der Waals surface area contributed by atoms with Crippen LogP contribution in [0.25, 0.3) is 0 Å². The highest BCUT2D eigenvalue weighted by atomic mass is 32.1. The number of carbonyl (C=O) groups excluding carboxylic acids is 1. The number of nitrogens with one attached hydrogen (secondary N) is 2. The minimum atomic E-state index is -0.298. The standard InChI is InChI=1S/C18H18N4O2S/c1-24-15-9-5-8-14(10-15)11-16-21-22-18(25-16)20-17(23)19-12-13-6-3-2-4-7-13/h2-10H,11-12H2,1H3,(H2,19,20,22,23). The fourth-order valence-corrected chi connectivity index (χ4v) is 3.02.